The first-order valence-electron chi connectivity index (χ1n) is 11.2. The molecule has 0 radical (unpaired) electrons. The average molecular weight is 471 g/mol. The summed E-state index contributed by atoms with van der Waals surface area (Å²) in [5.41, 5.74) is 4.18. The molecule has 10 heteroatoms. The van der Waals surface area contributed by atoms with E-state index >= 15 is 0 Å². The Balaban J connectivity index is 1.40. The fourth-order valence-corrected chi connectivity index (χ4v) is 5.43. The van der Waals surface area contributed by atoms with Crippen molar-refractivity contribution in [2.24, 2.45) is 4.99 Å². The van der Waals surface area contributed by atoms with Crippen LogP contribution in [0.5, 0.6) is 11.5 Å². The number of carboxylic acid groups (broad SMARTS) is 1. The highest BCUT2D eigenvalue weighted by Crippen LogP contribution is 2.42. The lowest BCUT2D eigenvalue weighted by Gasteiger charge is -2.21. The van der Waals surface area contributed by atoms with Crippen LogP contribution >= 0.6 is 7.60 Å². The van der Waals surface area contributed by atoms with E-state index in [1.54, 1.807) is 0 Å². The smallest absolute Gasteiger partial charge is 0.325 e. The second-order valence-corrected chi connectivity index (χ2v) is 10.6. The van der Waals surface area contributed by atoms with Crippen molar-refractivity contribution in [1.82, 2.24) is 4.58 Å². The molecule has 0 bridgehead atoms. The van der Waals surface area contributed by atoms with Crippen molar-refractivity contribution in [2.75, 3.05) is 37.2 Å². The lowest BCUT2D eigenvalue weighted by atomic mass is 10.1. The molecule has 2 aromatic carbocycles. The molecule has 2 aromatic rings. The minimum Gasteiger partial charge on any atom is -0.550 e. The van der Waals surface area contributed by atoms with E-state index in [0.717, 1.165) is 48.0 Å². The third-order valence-electron chi connectivity index (χ3n) is 6.45. The molecular formula is C23H26N3O6P. The normalized spacial score (nSPS) is 15.9. The van der Waals surface area contributed by atoms with Gasteiger partial charge in [-0.05, 0) is 37.0 Å². The molecule has 9 nitrogen and oxygen atoms in total. The number of aliphatic carboxylic acids is 1. The Kier molecular flexibility index (Phi) is 5.72. The molecule has 3 aliphatic rings. The van der Waals surface area contributed by atoms with Crippen LogP contribution in [0.3, 0.4) is 0 Å². The first-order valence-corrected chi connectivity index (χ1v) is 13.0. The van der Waals surface area contributed by atoms with Crippen molar-refractivity contribution in [3.05, 3.63) is 46.1 Å². The van der Waals surface area contributed by atoms with Crippen LogP contribution in [0.4, 0.5) is 11.4 Å². The zero-order valence-electron chi connectivity index (χ0n) is 18.2. The van der Waals surface area contributed by atoms with Crippen LogP contribution in [0.25, 0.3) is 0 Å². The standard InChI is InChI=1S/C23H26N3O6P/c27-23(28)3-1-6-25-8-4-15-11-17-21(13-19(15)25)32-22-14-20-16(12-18(22)24-17)5-9-26(20)7-2-10-33(29,30)31/h11-14H,1-10H2,(H2-,27,28,29,30,31). The molecule has 0 fully saturated rings. The molecule has 0 saturated heterocycles. The van der Waals surface area contributed by atoms with Gasteiger partial charge in [-0.1, -0.05) is 0 Å². The van der Waals surface area contributed by atoms with Crippen LogP contribution in [-0.2, 0) is 22.2 Å². The zero-order valence-corrected chi connectivity index (χ0v) is 19.1. The minimum atomic E-state index is -3.99. The van der Waals surface area contributed by atoms with Crippen molar-refractivity contribution >= 4 is 24.9 Å². The van der Waals surface area contributed by atoms with Crippen LogP contribution in [0.15, 0.2) is 29.3 Å². The van der Waals surface area contributed by atoms with Gasteiger partial charge in [0.15, 0.2) is 11.5 Å². The minimum absolute atomic E-state index is 0.0474. The maximum absolute atomic E-state index is 11.2. The van der Waals surface area contributed by atoms with Crippen LogP contribution < -0.4 is 30.0 Å². The number of hydrogen-bond acceptors (Lipinski definition) is 6. The van der Waals surface area contributed by atoms with Gasteiger partial charge in [-0.15, -0.1) is 0 Å². The Morgan fingerprint density at radius 3 is 2.79 bits per heavy atom. The number of fused-ring (bicyclic) bond motifs is 4. The van der Waals surface area contributed by atoms with E-state index in [0.29, 0.717) is 37.4 Å². The Morgan fingerprint density at radius 1 is 1.15 bits per heavy atom. The number of carboxylic acids is 1. The van der Waals surface area contributed by atoms with E-state index in [-0.39, 0.29) is 12.6 Å². The molecule has 174 valence electrons. The SMILES string of the molecule is O=C([O-])CCC[N+]1=c2cc3c(cc2CC1)=Nc1cc2c(cc1O3)N(CCCP(=O)(O)O)CC2. The van der Waals surface area contributed by atoms with Crippen molar-refractivity contribution in [3.63, 3.8) is 0 Å². The number of rotatable bonds is 8. The van der Waals surface area contributed by atoms with E-state index in [1.165, 1.54) is 11.1 Å². The summed E-state index contributed by atoms with van der Waals surface area (Å²) < 4.78 is 19.6. The predicted molar refractivity (Wildman–Crippen MR) is 120 cm³/mol. The van der Waals surface area contributed by atoms with Crippen LogP contribution in [-0.4, -0.2) is 48.1 Å². The summed E-state index contributed by atoms with van der Waals surface area (Å²) in [4.78, 5) is 36.0. The summed E-state index contributed by atoms with van der Waals surface area (Å²) in [7, 11) is -3.99. The maximum atomic E-state index is 11.2. The Bertz CT molecular complexity index is 1300. The van der Waals surface area contributed by atoms with Gasteiger partial charge >= 0.3 is 7.60 Å². The van der Waals surface area contributed by atoms with Crippen LogP contribution in [0.2, 0.25) is 0 Å². The van der Waals surface area contributed by atoms with Crippen molar-refractivity contribution in [3.8, 4) is 11.5 Å². The maximum Gasteiger partial charge on any atom is 0.325 e. The number of carbonyl (C=O) groups excluding carboxylic acids is 1. The molecule has 0 amide bonds. The molecule has 0 aliphatic carbocycles. The average Bonchev–Trinajstić information content (AvgIpc) is 3.31. The fourth-order valence-electron chi connectivity index (χ4n) is 4.88. The van der Waals surface area contributed by atoms with Gasteiger partial charge in [0.05, 0.1) is 12.2 Å². The molecule has 3 heterocycles. The number of anilines is 1. The number of hydrogen-bond donors (Lipinski definition) is 2. The summed E-state index contributed by atoms with van der Waals surface area (Å²) in [5.74, 6) is 0.325. The van der Waals surface area contributed by atoms with Gasteiger partial charge in [-0.25, -0.2) is 9.57 Å². The third-order valence-corrected chi connectivity index (χ3v) is 7.35. The van der Waals surface area contributed by atoms with E-state index in [2.05, 4.69) is 21.6 Å². The molecule has 0 aromatic heterocycles. The Morgan fingerprint density at radius 2 is 2.00 bits per heavy atom. The van der Waals surface area contributed by atoms with Gasteiger partial charge in [0.1, 0.15) is 24.1 Å². The number of carbonyl (C=O) groups is 1. The molecule has 33 heavy (non-hydrogen) atoms. The summed E-state index contributed by atoms with van der Waals surface area (Å²) in [6.07, 6.45) is 2.65. The predicted octanol–water partition coefficient (Wildman–Crippen LogP) is 0.251. The largest absolute Gasteiger partial charge is 0.550 e. The van der Waals surface area contributed by atoms with Gasteiger partial charge in [-0.3, -0.25) is 4.57 Å². The van der Waals surface area contributed by atoms with E-state index in [9.17, 15) is 14.5 Å². The summed E-state index contributed by atoms with van der Waals surface area (Å²) >= 11 is 0. The Hall–Kier alpha value is -2.74. The summed E-state index contributed by atoms with van der Waals surface area (Å²) in [6.45, 7) is 2.89. The van der Waals surface area contributed by atoms with Crippen molar-refractivity contribution in [1.29, 1.82) is 0 Å². The highest BCUT2D eigenvalue weighted by molar-refractivity contribution is 7.51. The van der Waals surface area contributed by atoms with Crippen LogP contribution in [0, 0.1) is 0 Å². The molecule has 0 saturated carbocycles. The van der Waals surface area contributed by atoms with Crippen molar-refractivity contribution in [2.45, 2.75) is 32.1 Å². The first kappa shape index (κ1) is 22.1. The monoisotopic (exact) mass is 471 g/mol. The van der Waals surface area contributed by atoms with E-state index in [4.69, 9.17) is 19.5 Å². The second-order valence-electron chi connectivity index (χ2n) is 8.80. The molecular weight excluding hydrogens is 445 g/mol. The fraction of sp³-hybridized carbons (Fsp3) is 0.435. The summed E-state index contributed by atoms with van der Waals surface area (Å²) in [5, 5.41) is 12.6. The van der Waals surface area contributed by atoms with Gasteiger partial charge in [0.25, 0.3) is 0 Å². The van der Waals surface area contributed by atoms with Crippen LogP contribution in [0.1, 0.15) is 30.4 Å². The molecule has 0 unspecified atom stereocenters. The second kappa shape index (κ2) is 8.56. The van der Waals surface area contributed by atoms with Gasteiger partial charge in [-0.2, -0.15) is 0 Å². The van der Waals surface area contributed by atoms with E-state index in [1.807, 2.05) is 12.1 Å². The highest BCUT2D eigenvalue weighted by atomic mass is 31.2. The molecule has 0 spiro atoms. The lowest BCUT2D eigenvalue weighted by Crippen LogP contribution is -2.30. The quantitative estimate of drug-likeness (QED) is 0.356. The highest BCUT2D eigenvalue weighted by Gasteiger charge is 2.26. The first-order chi connectivity index (χ1) is 15.8. The molecule has 3 aliphatic heterocycles. The molecule has 5 rings (SSSR count). The third kappa shape index (κ3) is 4.67. The molecule has 2 N–H and O–H groups in total. The number of benzene rings is 2. The number of nitrogens with zero attached hydrogens (tertiary/aromatic N) is 3. The Labute approximate surface area is 190 Å². The number of ether oxygens (including phenoxy) is 1. The van der Waals surface area contributed by atoms with E-state index < -0.39 is 13.6 Å². The van der Waals surface area contributed by atoms with Gasteiger partial charge < -0.3 is 29.3 Å². The van der Waals surface area contributed by atoms with Crippen molar-refractivity contribution < 1.29 is 29.0 Å². The zero-order chi connectivity index (χ0) is 23.2. The summed E-state index contributed by atoms with van der Waals surface area (Å²) in [6, 6.07) is 8.09. The topological polar surface area (TPSA) is 126 Å². The molecule has 0 atom stereocenters. The van der Waals surface area contributed by atoms with Gasteiger partial charge in [0, 0.05) is 49.2 Å². The van der Waals surface area contributed by atoms with Gasteiger partial charge in [0.2, 0.25) is 5.36 Å². The lowest BCUT2D eigenvalue weighted by molar-refractivity contribution is -0.305.